The average Bonchev–Trinajstić information content (AvgIpc) is 3.90. The highest BCUT2D eigenvalue weighted by molar-refractivity contribution is 7.89. The van der Waals surface area contributed by atoms with E-state index in [0.29, 0.717) is 24.1 Å². The number of halogens is 1. The third kappa shape index (κ3) is 11.7. The lowest BCUT2D eigenvalue weighted by atomic mass is 9.85. The molecule has 0 saturated heterocycles. The van der Waals surface area contributed by atoms with E-state index in [2.05, 4.69) is 10.6 Å². The number of benzene rings is 3. The lowest BCUT2D eigenvalue weighted by Crippen LogP contribution is -2.60. The molecule has 3 amide bonds. The third-order valence-corrected chi connectivity index (χ3v) is 11.4. The van der Waals surface area contributed by atoms with Crippen LogP contribution in [0.1, 0.15) is 79.4 Å². The summed E-state index contributed by atoms with van der Waals surface area (Å²) in [7, 11) is -4.07. The Balaban J connectivity index is 1.61. The van der Waals surface area contributed by atoms with Gasteiger partial charge in [-0.05, 0) is 98.9 Å². The van der Waals surface area contributed by atoms with Crippen LogP contribution in [0.3, 0.4) is 0 Å². The van der Waals surface area contributed by atoms with Crippen LogP contribution in [-0.4, -0.2) is 84.1 Å². The SMILES string of the molecule is CC(C)CN(C[C@@H](O)[C@H](Cc1ccccc1)NC(=O)[C@@H](NC(=O)CN(C(=O)OC(C)(C)C)C1(c2cccc(F)c2)CC1)C(C)(C)C)S(=O)(=O)c1ccc(N)cc1. The minimum atomic E-state index is -4.07. The molecule has 0 spiro atoms. The predicted octanol–water partition coefficient (Wildman–Crippen LogP) is 5.60. The molecule has 0 radical (unpaired) electrons. The van der Waals surface area contributed by atoms with Crippen molar-refractivity contribution in [3.63, 3.8) is 0 Å². The molecule has 1 aliphatic carbocycles. The van der Waals surface area contributed by atoms with Crippen molar-refractivity contribution < 1.29 is 37.0 Å². The van der Waals surface area contributed by atoms with Crippen LogP contribution in [0.25, 0.3) is 0 Å². The Kier molecular flexibility index (Phi) is 14.0. The second-order valence-corrected chi connectivity index (χ2v) is 19.1. The summed E-state index contributed by atoms with van der Waals surface area (Å²) in [5, 5.41) is 17.6. The number of carbonyl (C=O) groups excluding carboxylic acids is 3. The van der Waals surface area contributed by atoms with Gasteiger partial charge >= 0.3 is 6.09 Å². The number of sulfonamides is 1. The minimum Gasteiger partial charge on any atom is -0.444 e. The van der Waals surface area contributed by atoms with Gasteiger partial charge in [0.1, 0.15) is 24.0 Å². The number of nitrogens with one attached hydrogen (secondary N) is 2. The number of rotatable bonds is 16. The average molecular weight is 796 g/mol. The molecular formula is C42H58FN5O7S. The third-order valence-electron chi connectivity index (χ3n) is 9.52. The van der Waals surface area contributed by atoms with Gasteiger partial charge in [-0.25, -0.2) is 17.6 Å². The van der Waals surface area contributed by atoms with E-state index in [9.17, 15) is 32.3 Å². The summed E-state index contributed by atoms with van der Waals surface area (Å²) in [5.74, 6) is -1.83. The fraction of sp³-hybridized carbons (Fsp3) is 0.500. The molecule has 14 heteroatoms. The van der Waals surface area contributed by atoms with Crippen molar-refractivity contribution in [2.75, 3.05) is 25.4 Å². The highest BCUT2D eigenvalue weighted by Gasteiger charge is 2.53. The van der Waals surface area contributed by atoms with E-state index < -0.39 is 75.0 Å². The number of nitrogens with zero attached hydrogens (tertiary/aromatic N) is 2. The second kappa shape index (κ2) is 17.7. The molecule has 0 aliphatic heterocycles. The monoisotopic (exact) mass is 795 g/mol. The Morgan fingerprint density at radius 1 is 0.911 bits per heavy atom. The molecule has 3 atom stereocenters. The lowest BCUT2D eigenvalue weighted by molar-refractivity contribution is -0.133. The normalized spacial score (nSPS) is 15.8. The number of ether oxygens (including phenoxy) is 1. The zero-order valence-electron chi connectivity index (χ0n) is 33.7. The Bertz CT molecular complexity index is 1920. The molecule has 0 aromatic heterocycles. The maximum absolute atomic E-state index is 14.4. The van der Waals surface area contributed by atoms with Gasteiger partial charge in [0.05, 0.1) is 22.6 Å². The number of amides is 3. The van der Waals surface area contributed by atoms with Crippen LogP contribution in [0.4, 0.5) is 14.9 Å². The van der Waals surface area contributed by atoms with Gasteiger partial charge in [-0.15, -0.1) is 0 Å². The Morgan fingerprint density at radius 2 is 1.54 bits per heavy atom. The number of nitrogens with two attached hydrogens (primary N) is 1. The molecule has 306 valence electrons. The van der Waals surface area contributed by atoms with Gasteiger partial charge in [0.2, 0.25) is 21.8 Å². The van der Waals surface area contributed by atoms with Crippen molar-refractivity contribution in [2.45, 2.75) is 109 Å². The van der Waals surface area contributed by atoms with E-state index in [1.54, 1.807) is 53.7 Å². The van der Waals surface area contributed by atoms with Crippen molar-refractivity contribution in [3.05, 3.63) is 95.8 Å². The number of anilines is 1. The number of aliphatic hydroxyl groups is 1. The standard InChI is InChI=1S/C42H58FN5O7S/c1-28(2)25-47(56(53,54)33-19-17-32(44)18-20-33)26-35(49)34(23-29-13-10-9-11-14-29)45-38(51)37(40(3,4)5)46-36(50)27-48(39(52)55-41(6,7)8)42(21-22-42)30-15-12-16-31(43)24-30/h9-20,24,28,34-35,37,49H,21-23,25-27,44H2,1-8H3,(H,45,51)(H,46,50)/t34-,35+,37+/m0/s1. The maximum Gasteiger partial charge on any atom is 0.411 e. The van der Waals surface area contributed by atoms with Crippen LogP contribution < -0.4 is 16.4 Å². The zero-order chi connectivity index (χ0) is 41.6. The molecule has 0 unspecified atom stereocenters. The van der Waals surface area contributed by atoms with E-state index in [1.807, 2.05) is 44.2 Å². The first-order chi connectivity index (χ1) is 26.0. The van der Waals surface area contributed by atoms with Gasteiger partial charge in [-0.3, -0.25) is 14.5 Å². The molecule has 3 aromatic carbocycles. The quantitative estimate of drug-likeness (QED) is 0.136. The highest BCUT2D eigenvalue weighted by Crippen LogP contribution is 2.51. The van der Waals surface area contributed by atoms with Gasteiger partial charge in [0.25, 0.3) is 0 Å². The molecule has 1 saturated carbocycles. The summed E-state index contributed by atoms with van der Waals surface area (Å²) in [6.07, 6.45) is -1.02. The van der Waals surface area contributed by atoms with Gasteiger partial charge in [-0.2, -0.15) is 4.31 Å². The molecule has 5 N–H and O–H groups in total. The van der Waals surface area contributed by atoms with E-state index in [4.69, 9.17) is 10.5 Å². The van der Waals surface area contributed by atoms with Crippen molar-refractivity contribution in [2.24, 2.45) is 11.3 Å². The number of hydrogen-bond acceptors (Lipinski definition) is 8. The van der Waals surface area contributed by atoms with E-state index in [-0.39, 0.29) is 30.3 Å². The van der Waals surface area contributed by atoms with Gasteiger partial charge < -0.3 is 26.2 Å². The van der Waals surface area contributed by atoms with Crippen LogP contribution in [0.15, 0.2) is 83.8 Å². The molecule has 0 heterocycles. The van der Waals surface area contributed by atoms with Crippen LogP contribution in [0.2, 0.25) is 0 Å². The first-order valence-corrected chi connectivity index (χ1v) is 20.4. The molecule has 56 heavy (non-hydrogen) atoms. The second-order valence-electron chi connectivity index (χ2n) is 17.1. The Morgan fingerprint density at radius 3 is 2.07 bits per heavy atom. The van der Waals surface area contributed by atoms with Gasteiger partial charge in [0.15, 0.2) is 0 Å². The van der Waals surface area contributed by atoms with Crippen LogP contribution in [0.5, 0.6) is 0 Å². The summed E-state index contributed by atoms with van der Waals surface area (Å²) in [6, 6.07) is 18.7. The number of carbonyl (C=O) groups is 3. The van der Waals surface area contributed by atoms with E-state index in [1.165, 1.54) is 45.6 Å². The molecule has 1 aliphatic rings. The van der Waals surface area contributed by atoms with Gasteiger partial charge in [-0.1, -0.05) is 77.1 Å². The summed E-state index contributed by atoms with van der Waals surface area (Å²) in [4.78, 5) is 43.2. The first kappa shape index (κ1) is 44.2. The maximum atomic E-state index is 14.4. The molecule has 0 bridgehead atoms. The van der Waals surface area contributed by atoms with Crippen molar-refractivity contribution in [1.29, 1.82) is 0 Å². The summed E-state index contributed by atoms with van der Waals surface area (Å²) in [5.41, 5.74) is 4.81. The lowest BCUT2D eigenvalue weighted by Gasteiger charge is -2.36. The topological polar surface area (TPSA) is 171 Å². The smallest absolute Gasteiger partial charge is 0.411 e. The number of hydrogen-bond donors (Lipinski definition) is 4. The highest BCUT2D eigenvalue weighted by atomic mass is 32.2. The molecule has 12 nitrogen and oxygen atoms in total. The van der Waals surface area contributed by atoms with Crippen LogP contribution >= 0.6 is 0 Å². The Labute approximate surface area is 331 Å². The minimum absolute atomic E-state index is 0.0181. The predicted molar refractivity (Wildman–Crippen MR) is 214 cm³/mol. The van der Waals surface area contributed by atoms with Crippen molar-refractivity contribution >= 4 is 33.6 Å². The van der Waals surface area contributed by atoms with E-state index >= 15 is 0 Å². The van der Waals surface area contributed by atoms with Crippen molar-refractivity contribution in [3.8, 4) is 0 Å². The van der Waals surface area contributed by atoms with Crippen molar-refractivity contribution in [1.82, 2.24) is 19.8 Å². The fourth-order valence-electron chi connectivity index (χ4n) is 6.56. The number of nitrogen functional groups attached to an aromatic ring is 1. The van der Waals surface area contributed by atoms with Crippen LogP contribution in [0, 0.1) is 17.2 Å². The van der Waals surface area contributed by atoms with E-state index in [0.717, 1.165) is 5.56 Å². The molecule has 4 rings (SSSR count). The van der Waals surface area contributed by atoms with Gasteiger partial charge in [0, 0.05) is 18.8 Å². The van der Waals surface area contributed by atoms with Crippen LogP contribution in [-0.2, 0) is 36.3 Å². The fourth-order valence-corrected chi connectivity index (χ4v) is 8.19. The largest absolute Gasteiger partial charge is 0.444 e. The molecule has 1 fully saturated rings. The first-order valence-electron chi connectivity index (χ1n) is 19.0. The zero-order valence-corrected chi connectivity index (χ0v) is 34.5. The summed E-state index contributed by atoms with van der Waals surface area (Å²) >= 11 is 0. The molecular weight excluding hydrogens is 738 g/mol. The summed E-state index contributed by atoms with van der Waals surface area (Å²) < 4.78 is 49.0. The number of aliphatic hydroxyl groups excluding tert-OH is 1. The Hall–Kier alpha value is -4.53. The molecule has 3 aromatic rings. The summed E-state index contributed by atoms with van der Waals surface area (Å²) in [6.45, 7) is 13.5.